The predicted molar refractivity (Wildman–Crippen MR) is 102 cm³/mol. The van der Waals surface area contributed by atoms with Gasteiger partial charge in [0.1, 0.15) is 0 Å². The number of aliphatic carboxylic acids is 1. The van der Waals surface area contributed by atoms with Crippen LogP contribution in [0.5, 0.6) is 0 Å². The number of benzene rings is 2. The highest BCUT2D eigenvalue weighted by Gasteiger charge is 2.33. The number of hydrogen-bond donors (Lipinski definition) is 1. The Morgan fingerprint density at radius 3 is 2.29 bits per heavy atom. The van der Waals surface area contributed by atoms with Crippen molar-refractivity contribution in [2.75, 3.05) is 13.1 Å². The zero-order chi connectivity index (χ0) is 20.5. The molecule has 1 fully saturated rings. The van der Waals surface area contributed by atoms with Crippen molar-refractivity contribution in [2.24, 2.45) is 5.92 Å². The monoisotopic (exact) mass is 431 g/mol. The molecule has 0 aromatic heterocycles. The molecule has 1 heterocycles. The summed E-state index contributed by atoms with van der Waals surface area (Å²) in [5, 5.41) is 10.1. The van der Waals surface area contributed by atoms with Crippen molar-refractivity contribution < 1.29 is 23.1 Å². The number of nitrogens with zero attached hydrogens (tertiary/aromatic N) is 1. The number of piperidine rings is 1. The third-order valence-corrected chi connectivity index (χ3v) is 5.72. The quantitative estimate of drug-likeness (QED) is 0.654. The van der Waals surface area contributed by atoms with E-state index in [0.29, 0.717) is 41.5 Å². The van der Waals surface area contributed by atoms with Crippen molar-refractivity contribution >= 4 is 29.2 Å². The summed E-state index contributed by atoms with van der Waals surface area (Å²) in [6.07, 6.45) is -3.15. The molecule has 2 aromatic rings. The van der Waals surface area contributed by atoms with E-state index < -0.39 is 29.7 Å². The lowest BCUT2D eigenvalue weighted by atomic mass is 9.91. The van der Waals surface area contributed by atoms with Gasteiger partial charge in [-0.3, -0.25) is 9.69 Å². The molecule has 0 bridgehead atoms. The summed E-state index contributed by atoms with van der Waals surface area (Å²) in [5.41, 5.74) is 0.656. The van der Waals surface area contributed by atoms with E-state index in [-0.39, 0.29) is 0 Å². The maximum Gasteiger partial charge on any atom is 0.416 e. The Balaban J connectivity index is 2.01. The molecular formula is C20H18Cl2F3NO2. The average molecular weight is 432 g/mol. The van der Waals surface area contributed by atoms with Gasteiger partial charge >= 0.3 is 12.1 Å². The van der Waals surface area contributed by atoms with E-state index in [1.165, 1.54) is 12.1 Å². The maximum atomic E-state index is 12.9. The van der Waals surface area contributed by atoms with Gasteiger partial charge in [-0.25, -0.2) is 0 Å². The van der Waals surface area contributed by atoms with Gasteiger partial charge in [0.05, 0.1) is 27.6 Å². The Hall–Kier alpha value is -1.76. The SMILES string of the molecule is O=C(O)C1CCCN(C(c2ccc(C(F)(F)F)cc2)c2ccc(Cl)c(Cl)c2)C1. The molecule has 2 atom stereocenters. The Bertz CT molecular complexity index is 856. The van der Waals surface area contributed by atoms with Crippen LogP contribution in [0.25, 0.3) is 0 Å². The van der Waals surface area contributed by atoms with Gasteiger partial charge in [-0.1, -0.05) is 41.4 Å². The fraction of sp³-hybridized carbons (Fsp3) is 0.350. The fourth-order valence-corrected chi connectivity index (χ4v) is 3.90. The number of carbonyl (C=O) groups is 1. The molecule has 1 saturated heterocycles. The molecule has 1 N–H and O–H groups in total. The first-order valence-electron chi connectivity index (χ1n) is 8.76. The summed E-state index contributed by atoms with van der Waals surface area (Å²) in [5.74, 6) is -1.39. The van der Waals surface area contributed by atoms with Crippen LogP contribution >= 0.6 is 23.2 Å². The van der Waals surface area contributed by atoms with Crippen molar-refractivity contribution in [2.45, 2.75) is 25.1 Å². The zero-order valence-corrected chi connectivity index (χ0v) is 16.2. The molecule has 0 amide bonds. The second-order valence-corrected chi connectivity index (χ2v) is 7.68. The molecule has 8 heteroatoms. The summed E-state index contributed by atoms with van der Waals surface area (Å²) >= 11 is 12.2. The number of alkyl halides is 3. The fourth-order valence-electron chi connectivity index (χ4n) is 3.59. The lowest BCUT2D eigenvalue weighted by Crippen LogP contribution is -2.41. The Labute approximate surface area is 170 Å². The van der Waals surface area contributed by atoms with Crippen LogP contribution in [-0.4, -0.2) is 29.1 Å². The zero-order valence-electron chi connectivity index (χ0n) is 14.7. The molecule has 150 valence electrons. The minimum absolute atomic E-state index is 0.307. The van der Waals surface area contributed by atoms with Crippen LogP contribution in [0.15, 0.2) is 42.5 Å². The molecule has 1 aliphatic rings. The standard InChI is InChI=1S/C20H18Cl2F3NO2/c21-16-8-5-13(10-17(16)22)18(26-9-1-2-14(11-26)19(27)28)12-3-6-15(7-4-12)20(23,24)25/h3-8,10,14,18H,1-2,9,11H2,(H,27,28). The van der Waals surface area contributed by atoms with Crippen LogP contribution < -0.4 is 0 Å². The number of rotatable bonds is 4. The molecule has 0 saturated carbocycles. The molecule has 1 aliphatic heterocycles. The number of carboxylic acid groups (broad SMARTS) is 1. The molecular weight excluding hydrogens is 414 g/mol. The van der Waals surface area contributed by atoms with E-state index in [1.807, 2.05) is 4.90 Å². The molecule has 28 heavy (non-hydrogen) atoms. The van der Waals surface area contributed by atoms with Crippen LogP contribution in [0.2, 0.25) is 10.0 Å². The minimum atomic E-state index is -4.42. The lowest BCUT2D eigenvalue weighted by Gasteiger charge is -2.37. The van der Waals surface area contributed by atoms with Gasteiger partial charge in [0, 0.05) is 6.54 Å². The van der Waals surface area contributed by atoms with Crippen LogP contribution in [-0.2, 0) is 11.0 Å². The smallest absolute Gasteiger partial charge is 0.416 e. The van der Waals surface area contributed by atoms with Crippen LogP contribution in [0.4, 0.5) is 13.2 Å². The van der Waals surface area contributed by atoms with Gasteiger partial charge in [0.25, 0.3) is 0 Å². The predicted octanol–water partition coefficient (Wildman–Crippen LogP) is 5.90. The van der Waals surface area contributed by atoms with Crippen molar-refractivity contribution in [3.63, 3.8) is 0 Å². The summed E-state index contributed by atoms with van der Waals surface area (Å²) < 4.78 is 38.8. The van der Waals surface area contributed by atoms with Crippen LogP contribution in [0.3, 0.4) is 0 Å². The molecule has 0 aliphatic carbocycles. The first-order valence-corrected chi connectivity index (χ1v) is 9.51. The van der Waals surface area contributed by atoms with E-state index in [4.69, 9.17) is 23.2 Å². The second-order valence-electron chi connectivity index (χ2n) is 6.87. The lowest BCUT2D eigenvalue weighted by molar-refractivity contribution is -0.144. The summed E-state index contributed by atoms with van der Waals surface area (Å²) in [4.78, 5) is 13.4. The largest absolute Gasteiger partial charge is 0.481 e. The van der Waals surface area contributed by atoms with E-state index in [2.05, 4.69) is 0 Å². The van der Waals surface area contributed by atoms with Gasteiger partial charge in [-0.15, -0.1) is 0 Å². The van der Waals surface area contributed by atoms with Gasteiger partial charge in [-0.05, 0) is 54.8 Å². The molecule has 3 rings (SSSR count). The van der Waals surface area contributed by atoms with Crippen LogP contribution in [0, 0.1) is 5.92 Å². The van der Waals surface area contributed by atoms with Crippen molar-refractivity contribution in [3.05, 3.63) is 69.2 Å². The summed E-state index contributed by atoms with van der Waals surface area (Å²) in [6.45, 7) is 0.941. The third kappa shape index (κ3) is 4.62. The van der Waals surface area contributed by atoms with E-state index in [9.17, 15) is 23.1 Å². The maximum absolute atomic E-state index is 12.9. The molecule has 3 nitrogen and oxygen atoms in total. The highest BCUT2D eigenvalue weighted by Crippen LogP contribution is 2.37. The average Bonchev–Trinajstić information content (AvgIpc) is 2.65. The normalized spacial score (nSPS) is 19.4. The second kappa shape index (κ2) is 8.31. The first kappa shape index (κ1) is 21.0. The van der Waals surface area contributed by atoms with Gasteiger partial charge in [0.2, 0.25) is 0 Å². The number of likely N-dealkylation sites (tertiary alicyclic amines) is 1. The van der Waals surface area contributed by atoms with Gasteiger partial charge in [0.15, 0.2) is 0 Å². The number of halogens is 5. The van der Waals surface area contributed by atoms with Crippen molar-refractivity contribution in [3.8, 4) is 0 Å². The van der Waals surface area contributed by atoms with Gasteiger partial charge < -0.3 is 5.11 Å². The Kier molecular flexibility index (Phi) is 6.22. The highest BCUT2D eigenvalue weighted by molar-refractivity contribution is 6.42. The Morgan fingerprint density at radius 1 is 1.07 bits per heavy atom. The Morgan fingerprint density at radius 2 is 1.71 bits per heavy atom. The number of hydrogen-bond acceptors (Lipinski definition) is 2. The molecule has 0 spiro atoms. The summed E-state index contributed by atoms with van der Waals surface area (Å²) in [7, 11) is 0. The van der Waals surface area contributed by atoms with Crippen molar-refractivity contribution in [1.29, 1.82) is 0 Å². The molecule has 2 unspecified atom stereocenters. The molecule has 2 aromatic carbocycles. The first-order chi connectivity index (χ1) is 13.2. The van der Waals surface area contributed by atoms with E-state index >= 15 is 0 Å². The minimum Gasteiger partial charge on any atom is -0.481 e. The topological polar surface area (TPSA) is 40.5 Å². The third-order valence-electron chi connectivity index (χ3n) is 4.98. The van der Waals surface area contributed by atoms with E-state index in [1.54, 1.807) is 18.2 Å². The van der Waals surface area contributed by atoms with E-state index in [0.717, 1.165) is 17.7 Å². The van der Waals surface area contributed by atoms with Gasteiger partial charge in [-0.2, -0.15) is 13.2 Å². The van der Waals surface area contributed by atoms with Crippen molar-refractivity contribution in [1.82, 2.24) is 4.90 Å². The highest BCUT2D eigenvalue weighted by atomic mass is 35.5. The number of carboxylic acids is 1. The molecule has 0 radical (unpaired) electrons. The van der Waals surface area contributed by atoms with Crippen LogP contribution in [0.1, 0.15) is 35.6 Å². The summed E-state index contributed by atoms with van der Waals surface area (Å²) in [6, 6.07) is 9.60.